The molecular weight excluding hydrogens is 729 g/mol. The zero-order chi connectivity index (χ0) is 40.2. The molecule has 0 nitrogen and oxygen atoms in total. The van der Waals surface area contributed by atoms with Crippen LogP contribution >= 0.6 is 0 Å². The number of hydrogen-bond donors (Lipinski definition) is 0. The number of hydrogen-bond acceptors (Lipinski definition) is 0. The molecule has 2 heteroatoms. The molecule has 0 fully saturated rings. The van der Waals surface area contributed by atoms with E-state index in [4.69, 9.17) is 0 Å². The van der Waals surface area contributed by atoms with Gasteiger partial charge in [0.2, 0.25) is 0 Å². The van der Waals surface area contributed by atoms with Gasteiger partial charge in [-0.1, -0.05) is 259 Å². The van der Waals surface area contributed by atoms with Crippen LogP contribution in [-0.4, -0.2) is 16.1 Å². The first kappa shape index (κ1) is 39.0. The van der Waals surface area contributed by atoms with E-state index in [9.17, 15) is 0 Å². The minimum Gasteiger partial charge on any atom is -0.0623 e. The van der Waals surface area contributed by atoms with Crippen molar-refractivity contribution in [2.75, 3.05) is 0 Å². The van der Waals surface area contributed by atoms with E-state index in [0.717, 1.165) is 6.42 Å². The maximum Gasteiger partial charge on any atom is 0.179 e. The SMILES string of the molecule is CC(C)(C)c1cccc([Si](c2ccccc2)(c2ccccc2)c2cccc(CC(C)(C)c3ccc([Si](c4ccccc4)(c4ccccc4)c4ccccc4)cc3)c2)c1. The Balaban J connectivity index is 1.23. The van der Waals surface area contributed by atoms with Gasteiger partial charge in [-0.15, -0.1) is 0 Å². The normalized spacial score (nSPS) is 12.3. The molecule has 0 unspecified atom stereocenters. The van der Waals surface area contributed by atoms with Crippen molar-refractivity contribution in [1.29, 1.82) is 0 Å². The van der Waals surface area contributed by atoms with Gasteiger partial charge in [-0.25, -0.2) is 0 Å². The summed E-state index contributed by atoms with van der Waals surface area (Å²) in [6.07, 6.45) is 0.926. The Morgan fingerprint density at radius 1 is 0.293 bits per heavy atom. The topological polar surface area (TPSA) is 0 Å². The third-order valence-electron chi connectivity index (χ3n) is 12.3. The molecule has 0 heterocycles. The average molecular weight is 783 g/mol. The summed E-state index contributed by atoms with van der Waals surface area (Å²) in [5.41, 5.74) is 4.02. The first-order valence-electron chi connectivity index (χ1n) is 20.7. The van der Waals surface area contributed by atoms with E-state index in [0.29, 0.717) is 0 Å². The molecule has 0 bridgehead atoms. The van der Waals surface area contributed by atoms with E-state index < -0.39 is 16.1 Å². The fourth-order valence-corrected chi connectivity index (χ4v) is 19.0. The summed E-state index contributed by atoms with van der Waals surface area (Å²) >= 11 is 0. The van der Waals surface area contributed by atoms with E-state index >= 15 is 0 Å². The van der Waals surface area contributed by atoms with Gasteiger partial charge in [-0.05, 0) is 75.4 Å². The minimum absolute atomic E-state index is 0.0381. The van der Waals surface area contributed by atoms with E-state index in [1.807, 2.05) is 0 Å². The van der Waals surface area contributed by atoms with Crippen LogP contribution in [0.1, 0.15) is 51.3 Å². The first-order chi connectivity index (χ1) is 28.1. The highest BCUT2D eigenvalue weighted by atomic mass is 28.3. The summed E-state index contributed by atoms with van der Waals surface area (Å²) in [5.74, 6) is 0. The van der Waals surface area contributed by atoms with Gasteiger partial charge in [0, 0.05) is 0 Å². The van der Waals surface area contributed by atoms with Crippen LogP contribution in [0.3, 0.4) is 0 Å². The van der Waals surface area contributed by atoms with Crippen LogP contribution in [0.15, 0.2) is 224 Å². The Kier molecular flexibility index (Phi) is 10.9. The molecular formula is C56H54Si2. The van der Waals surface area contributed by atoms with Crippen LogP contribution < -0.4 is 41.5 Å². The lowest BCUT2D eigenvalue weighted by molar-refractivity contribution is 0.522. The van der Waals surface area contributed by atoms with Crippen LogP contribution in [-0.2, 0) is 17.3 Å². The van der Waals surface area contributed by atoms with E-state index in [1.165, 1.54) is 58.2 Å². The van der Waals surface area contributed by atoms with Crippen LogP contribution in [0, 0.1) is 0 Å². The van der Waals surface area contributed by atoms with Gasteiger partial charge in [0.05, 0.1) is 0 Å². The van der Waals surface area contributed by atoms with Gasteiger partial charge < -0.3 is 0 Å². The van der Waals surface area contributed by atoms with Gasteiger partial charge >= 0.3 is 0 Å². The van der Waals surface area contributed by atoms with Crippen molar-refractivity contribution in [3.63, 3.8) is 0 Å². The van der Waals surface area contributed by atoms with Crippen molar-refractivity contribution in [2.45, 2.75) is 51.9 Å². The molecule has 286 valence electrons. The highest BCUT2D eigenvalue weighted by Crippen LogP contribution is 2.28. The van der Waals surface area contributed by atoms with Gasteiger partial charge in [-0.3, -0.25) is 0 Å². The standard InChI is InChI=1S/C56H54Si2/c1-55(2,3)46-24-22-36-54(42-46)58(50-31-17-9-18-32-50,51-33-19-10-20-34-51)53-35-21-23-44(41-53)43-56(4,5)45-37-39-52(40-38-45)57(47-25-11-6-12-26-47,48-27-13-7-14-28-48)49-29-15-8-16-30-49/h6-42H,43H2,1-5H3. The number of benzene rings is 8. The molecule has 0 aliphatic carbocycles. The van der Waals surface area contributed by atoms with Gasteiger partial charge in [-0.2, -0.15) is 0 Å². The van der Waals surface area contributed by atoms with Crippen molar-refractivity contribution < 1.29 is 0 Å². The van der Waals surface area contributed by atoms with E-state index in [1.54, 1.807) is 0 Å². The van der Waals surface area contributed by atoms with Crippen LogP contribution in [0.2, 0.25) is 0 Å². The maximum atomic E-state index is 2.55. The lowest BCUT2D eigenvalue weighted by Gasteiger charge is -2.36. The fourth-order valence-electron chi connectivity index (χ4n) is 9.36. The van der Waals surface area contributed by atoms with E-state index in [2.05, 4.69) is 259 Å². The second-order valence-electron chi connectivity index (χ2n) is 17.5. The number of rotatable bonds is 11. The summed E-state index contributed by atoms with van der Waals surface area (Å²) in [5, 5.41) is 11.2. The Morgan fingerprint density at radius 3 is 1.02 bits per heavy atom. The molecule has 58 heavy (non-hydrogen) atoms. The summed E-state index contributed by atoms with van der Waals surface area (Å²) in [7, 11) is -5.31. The summed E-state index contributed by atoms with van der Waals surface area (Å²) < 4.78 is 0. The Morgan fingerprint density at radius 2 is 0.621 bits per heavy atom. The molecule has 0 radical (unpaired) electrons. The van der Waals surface area contributed by atoms with Crippen molar-refractivity contribution in [1.82, 2.24) is 0 Å². The molecule has 0 saturated carbocycles. The molecule has 0 spiro atoms. The summed E-state index contributed by atoms with van der Waals surface area (Å²) in [6, 6.07) is 85.1. The molecule has 8 aromatic carbocycles. The smallest absolute Gasteiger partial charge is 0.0623 e. The molecule has 0 aliphatic rings. The third kappa shape index (κ3) is 7.28. The summed E-state index contributed by atoms with van der Waals surface area (Å²) in [4.78, 5) is 0. The molecule has 8 aromatic rings. The Labute approximate surface area is 349 Å². The quantitative estimate of drug-likeness (QED) is 0.0917. The van der Waals surface area contributed by atoms with Crippen LogP contribution in [0.25, 0.3) is 0 Å². The minimum atomic E-state index is -2.72. The zero-order valence-electron chi connectivity index (χ0n) is 34.6. The molecule has 0 amide bonds. The van der Waals surface area contributed by atoms with Crippen molar-refractivity contribution in [3.05, 3.63) is 241 Å². The fraction of sp³-hybridized carbons (Fsp3) is 0.143. The average Bonchev–Trinajstić information content (AvgIpc) is 3.26. The van der Waals surface area contributed by atoms with E-state index in [-0.39, 0.29) is 10.8 Å². The Hall–Kier alpha value is -5.81. The molecule has 0 aromatic heterocycles. The van der Waals surface area contributed by atoms with Crippen molar-refractivity contribution >= 4 is 57.6 Å². The monoisotopic (exact) mass is 782 g/mol. The maximum absolute atomic E-state index is 2.72. The second-order valence-corrected chi connectivity index (χ2v) is 25.1. The van der Waals surface area contributed by atoms with Crippen molar-refractivity contribution in [3.8, 4) is 0 Å². The van der Waals surface area contributed by atoms with Crippen LogP contribution in [0.5, 0.6) is 0 Å². The zero-order valence-corrected chi connectivity index (χ0v) is 36.6. The predicted molar refractivity (Wildman–Crippen MR) is 256 cm³/mol. The van der Waals surface area contributed by atoms with Gasteiger partial charge in [0.15, 0.2) is 16.1 Å². The van der Waals surface area contributed by atoms with Crippen molar-refractivity contribution in [2.24, 2.45) is 0 Å². The largest absolute Gasteiger partial charge is 0.179 e. The predicted octanol–water partition coefficient (Wildman–Crippen LogP) is 8.26. The van der Waals surface area contributed by atoms with Gasteiger partial charge in [0.25, 0.3) is 0 Å². The lowest BCUT2D eigenvalue weighted by atomic mass is 9.79. The second kappa shape index (κ2) is 16.2. The van der Waals surface area contributed by atoms with Crippen LogP contribution in [0.4, 0.5) is 0 Å². The molecule has 8 rings (SSSR count). The lowest BCUT2D eigenvalue weighted by Crippen LogP contribution is -2.74. The van der Waals surface area contributed by atoms with Gasteiger partial charge in [0.1, 0.15) is 0 Å². The molecule has 0 saturated heterocycles. The Bertz CT molecular complexity index is 2420. The highest BCUT2D eigenvalue weighted by molar-refractivity contribution is 7.20. The molecule has 0 N–H and O–H groups in total. The summed E-state index contributed by atoms with van der Waals surface area (Å²) in [6.45, 7) is 11.8. The highest BCUT2D eigenvalue weighted by Gasteiger charge is 2.43. The third-order valence-corrected chi connectivity index (χ3v) is 21.9. The molecule has 0 atom stereocenters. The first-order valence-corrected chi connectivity index (χ1v) is 24.7. The molecule has 0 aliphatic heterocycles.